The Morgan fingerprint density at radius 1 is 0.900 bits per heavy atom. The maximum absolute atomic E-state index is 9.20. The Labute approximate surface area is 120 Å². The fourth-order valence-electron chi connectivity index (χ4n) is 2.21. The highest BCUT2D eigenvalue weighted by molar-refractivity contribution is 6.34. The fraction of sp³-hybridized carbons (Fsp3) is 0.250. The molecule has 0 amide bonds. The summed E-state index contributed by atoms with van der Waals surface area (Å²) in [4.78, 5) is 0. The highest BCUT2D eigenvalue weighted by Gasteiger charge is 2.24. The molecule has 0 atom stereocenters. The van der Waals surface area contributed by atoms with Gasteiger partial charge in [-0.2, -0.15) is 0 Å². The molecule has 2 aromatic carbocycles. The Bertz CT molecular complexity index is 574. The van der Waals surface area contributed by atoms with E-state index in [4.69, 9.17) is 4.65 Å². The van der Waals surface area contributed by atoms with E-state index in [1.807, 2.05) is 48.5 Å². The molecule has 0 spiro atoms. The van der Waals surface area contributed by atoms with Crippen LogP contribution in [0.2, 0.25) is 0 Å². The van der Waals surface area contributed by atoms with Gasteiger partial charge in [-0.25, -0.2) is 0 Å². The van der Waals surface area contributed by atoms with Crippen LogP contribution >= 0.6 is 0 Å². The lowest BCUT2D eigenvalue weighted by Gasteiger charge is -2.25. The van der Waals surface area contributed by atoms with Gasteiger partial charge in [0, 0.05) is 5.56 Å². The predicted molar refractivity (Wildman–Crippen MR) is 81.4 cm³/mol. The zero-order valence-corrected chi connectivity index (χ0v) is 12.0. The van der Waals surface area contributed by atoms with Crippen molar-refractivity contribution in [1.29, 1.82) is 0 Å². The van der Waals surface area contributed by atoms with Crippen molar-refractivity contribution >= 4 is 7.32 Å². The minimum atomic E-state index is -1.83. The van der Waals surface area contributed by atoms with Gasteiger partial charge >= 0.3 is 7.32 Å². The van der Waals surface area contributed by atoms with Gasteiger partial charge in [0.05, 0.1) is 0 Å². The van der Waals surface area contributed by atoms with E-state index in [0.717, 1.165) is 16.7 Å². The first kappa shape index (κ1) is 14.6. The summed E-state index contributed by atoms with van der Waals surface area (Å²) in [6.45, 7) is 6.19. The van der Waals surface area contributed by atoms with E-state index in [9.17, 15) is 10.0 Å². The summed E-state index contributed by atoms with van der Waals surface area (Å²) in [5.41, 5.74) is 2.61. The molecule has 0 aliphatic heterocycles. The normalized spacial score (nSPS) is 11.2. The van der Waals surface area contributed by atoms with Crippen molar-refractivity contribution in [3.63, 3.8) is 0 Å². The summed E-state index contributed by atoms with van der Waals surface area (Å²) in [6.07, 6.45) is 0. The Hall–Kier alpha value is -1.78. The van der Waals surface area contributed by atoms with Crippen LogP contribution in [-0.2, 0) is 5.41 Å². The molecular weight excluding hydrogens is 251 g/mol. The summed E-state index contributed by atoms with van der Waals surface area (Å²) >= 11 is 0. The van der Waals surface area contributed by atoms with Crippen molar-refractivity contribution in [1.82, 2.24) is 0 Å². The van der Waals surface area contributed by atoms with E-state index < -0.39 is 7.32 Å². The molecule has 20 heavy (non-hydrogen) atoms. The van der Waals surface area contributed by atoms with Gasteiger partial charge in [-0.1, -0.05) is 69.3 Å². The van der Waals surface area contributed by atoms with Crippen molar-refractivity contribution in [2.45, 2.75) is 26.2 Å². The third-order valence-corrected chi connectivity index (χ3v) is 3.13. The molecule has 0 bridgehead atoms. The van der Waals surface area contributed by atoms with E-state index in [-0.39, 0.29) is 5.41 Å². The quantitative estimate of drug-likeness (QED) is 0.843. The van der Waals surface area contributed by atoms with E-state index in [1.54, 1.807) is 0 Å². The lowest BCUT2D eigenvalue weighted by atomic mass is 9.84. The number of hydrogen-bond acceptors (Lipinski definition) is 3. The molecule has 0 radical (unpaired) electrons. The molecule has 2 aromatic rings. The Kier molecular flexibility index (Phi) is 4.16. The van der Waals surface area contributed by atoms with Gasteiger partial charge in [0.2, 0.25) is 0 Å². The Morgan fingerprint density at radius 2 is 1.55 bits per heavy atom. The lowest BCUT2D eigenvalue weighted by molar-refractivity contribution is 0.285. The maximum atomic E-state index is 9.20. The van der Waals surface area contributed by atoms with E-state index in [0.29, 0.717) is 5.75 Å². The second-order valence-electron chi connectivity index (χ2n) is 5.74. The Balaban J connectivity index is 2.62. The van der Waals surface area contributed by atoms with Gasteiger partial charge in [-0.3, -0.25) is 0 Å². The van der Waals surface area contributed by atoms with Gasteiger partial charge in [0.15, 0.2) is 0 Å². The zero-order valence-electron chi connectivity index (χ0n) is 12.0. The van der Waals surface area contributed by atoms with Gasteiger partial charge in [0.1, 0.15) is 5.75 Å². The second-order valence-corrected chi connectivity index (χ2v) is 5.74. The smallest absolute Gasteiger partial charge is 0.511 e. The number of para-hydroxylation sites is 1. The van der Waals surface area contributed by atoms with Crippen LogP contribution < -0.4 is 4.65 Å². The highest BCUT2D eigenvalue weighted by Crippen LogP contribution is 2.39. The van der Waals surface area contributed by atoms with Crippen LogP contribution in [0, 0.1) is 0 Å². The number of hydrogen-bond donors (Lipinski definition) is 2. The van der Waals surface area contributed by atoms with Crippen LogP contribution in [0.15, 0.2) is 48.5 Å². The van der Waals surface area contributed by atoms with Crippen LogP contribution in [-0.4, -0.2) is 17.4 Å². The first-order valence-corrected chi connectivity index (χ1v) is 6.61. The van der Waals surface area contributed by atoms with Crippen molar-refractivity contribution in [2.75, 3.05) is 0 Å². The molecule has 0 saturated heterocycles. The topological polar surface area (TPSA) is 49.7 Å². The van der Waals surface area contributed by atoms with Crippen molar-refractivity contribution in [2.24, 2.45) is 0 Å². The van der Waals surface area contributed by atoms with Gasteiger partial charge in [-0.15, -0.1) is 0 Å². The van der Waals surface area contributed by atoms with Crippen molar-refractivity contribution in [3.8, 4) is 16.9 Å². The summed E-state index contributed by atoms with van der Waals surface area (Å²) in [5, 5.41) is 18.4. The molecule has 2 N–H and O–H groups in total. The minimum absolute atomic E-state index is 0.158. The minimum Gasteiger partial charge on any atom is -0.511 e. The number of benzene rings is 2. The lowest BCUT2D eigenvalue weighted by Crippen LogP contribution is -2.24. The molecule has 0 aliphatic carbocycles. The average molecular weight is 270 g/mol. The molecule has 0 aliphatic rings. The molecule has 0 aromatic heterocycles. The zero-order chi connectivity index (χ0) is 14.8. The average Bonchev–Trinajstić information content (AvgIpc) is 2.38. The predicted octanol–water partition coefficient (Wildman–Crippen LogP) is 3.00. The molecular formula is C16H19BO3. The molecule has 104 valence electrons. The second kappa shape index (κ2) is 5.69. The van der Waals surface area contributed by atoms with Crippen LogP contribution in [0.3, 0.4) is 0 Å². The SMILES string of the molecule is CC(C)(C)c1cccc(-c2ccccc2)c1OB(O)O. The van der Waals surface area contributed by atoms with Crippen molar-refractivity contribution in [3.05, 3.63) is 54.1 Å². The molecule has 0 saturated carbocycles. The third-order valence-electron chi connectivity index (χ3n) is 3.13. The molecule has 0 unspecified atom stereocenters. The van der Waals surface area contributed by atoms with Gasteiger partial charge < -0.3 is 14.7 Å². The third kappa shape index (κ3) is 3.21. The molecule has 2 rings (SSSR count). The molecule has 0 fully saturated rings. The largest absolute Gasteiger partial charge is 0.707 e. The molecule has 0 heterocycles. The molecule has 4 heteroatoms. The first-order valence-electron chi connectivity index (χ1n) is 6.61. The van der Waals surface area contributed by atoms with Crippen LogP contribution in [0.4, 0.5) is 0 Å². The van der Waals surface area contributed by atoms with Crippen LogP contribution in [0.1, 0.15) is 26.3 Å². The standard InChI is InChI=1S/C16H19BO3/c1-16(2,3)14-11-7-10-13(15(14)20-17(18)19)12-8-5-4-6-9-12/h4-11,18-19H,1-3H3. The summed E-state index contributed by atoms with van der Waals surface area (Å²) < 4.78 is 5.27. The summed E-state index contributed by atoms with van der Waals surface area (Å²) in [6, 6.07) is 15.6. The van der Waals surface area contributed by atoms with Gasteiger partial charge in [-0.05, 0) is 16.5 Å². The van der Waals surface area contributed by atoms with E-state index in [2.05, 4.69) is 20.8 Å². The molecule has 3 nitrogen and oxygen atoms in total. The highest BCUT2D eigenvalue weighted by atomic mass is 16.6. The van der Waals surface area contributed by atoms with Crippen molar-refractivity contribution < 1.29 is 14.7 Å². The van der Waals surface area contributed by atoms with Crippen LogP contribution in [0.5, 0.6) is 5.75 Å². The monoisotopic (exact) mass is 270 g/mol. The van der Waals surface area contributed by atoms with Gasteiger partial charge in [0.25, 0.3) is 0 Å². The first-order chi connectivity index (χ1) is 9.39. The van der Waals surface area contributed by atoms with E-state index in [1.165, 1.54) is 0 Å². The summed E-state index contributed by atoms with van der Waals surface area (Å²) in [7, 11) is -1.83. The van der Waals surface area contributed by atoms with Crippen LogP contribution in [0.25, 0.3) is 11.1 Å². The Morgan fingerprint density at radius 3 is 2.10 bits per heavy atom. The van der Waals surface area contributed by atoms with E-state index >= 15 is 0 Å². The maximum Gasteiger partial charge on any atom is 0.707 e. The summed E-state index contributed by atoms with van der Waals surface area (Å²) in [5.74, 6) is 0.515. The number of rotatable bonds is 3. The fourth-order valence-corrected chi connectivity index (χ4v) is 2.21.